The molecule has 1 aliphatic heterocycles. The quantitative estimate of drug-likeness (QED) is 0.344. The van der Waals surface area contributed by atoms with E-state index in [0.29, 0.717) is 36.2 Å². The summed E-state index contributed by atoms with van der Waals surface area (Å²) < 4.78 is 28.7. The molecule has 4 aromatic rings. The fourth-order valence-electron chi connectivity index (χ4n) is 4.27. The van der Waals surface area contributed by atoms with Crippen LogP contribution in [0.2, 0.25) is 0 Å². The van der Waals surface area contributed by atoms with Gasteiger partial charge in [0.2, 0.25) is 10.0 Å². The Kier molecular flexibility index (Phi) is 6.69. The highest BCUT2D eigenvalue weighted by molar-refractivity contribution is 7.89. The van der Waals surface area contributed by atoms with E-state index in [0.717, 1.165) is 28.6 Å². The molecule has 0 aliphatic carbocycles. The van der Waals surface area contributed by atoms with E-state index in [1.165, 1.54) is 11.3 Å². The minimum absolute atomic E-state index is 0.219. The van der Waals surface area contributed by atoms with Crippen LogP contribution in [0.3, 0.4) is 0 Å². The summed E-state index contributed by atoms with van der Waals surface area (Å²) in [5.74, 6) is 0.322. The summed E-state index contributed by atoms with van der Waals surface area (Å²) in [6, 6.07) is 23.9. The number of fused-ring (bicyclic) bond motifs is 1. The molecule has 0 spiro atoms. The minimum atomic E-state index is -3.57. The third kappa shape index (κ3) is 5.00. The van der Waals surface area contributed by atoms with Crippen molar-refractivity contribution in [1.82, 2.24) is 9.29 Å². The summed E-state index contributed by atoms with van der Waals surface area (Å²) >= 11 is 1.47. The summed E-state index contributed by atoms with van der Waals surface area (Å²) in [6.07, 6.45) is 1.73. The highest BCUT2D eigenvalue weighted by atomic mass is 32.2. The average molecular weight is 506 g/mol. The van der Waals surface area contributed by atoms with Crippen LogP contribution in [0.5, 0.6) is 0 Å². The molecule has 1 saturated heterocycles. The third-order valence-electron chi connectivity index (χ3n) is 6.42. The predicted molar refractivity (Wildman–Crippen MR) is 140 cm³/mol. The number of nitrogens with zero attached hydrogens (tertiary/aromatic N) is 3. The van der Waals surface area contributed by atoms with Crippen LogP contribution in [0.1, 0.15) is 35.7 Å². The molecule has 1 aliphatic rings. The van der Waals surface area contributed by atoms with Crippen molar-refractivity contribution in [1.29, 1.82) is 0 Å². The second-order valence-corrected chi connectivity index (χ2v) is 11.9. The van der Waals surface area contributed by atoms with E-state index >= 15 is 0 Å². The van der Waals surface area contributed by atoms with Crippen molar-refractivity contribution in [3.8, 4) is 0 Å². The number of hydrogen-bond donors (Lipinski definition) is 0. The molecule has 180 valence electrons. The number of aromatic nitrogens is 1. The maximum atomic E-state index is 13.7. The topological polar surface area (TPSA) is 70.6 Å². The molecule has 2 heterocycles. The zero-order valence-corrected chi connectivity index (χ0v) is 21.1. The van der Waals surface area contributed by atoms with Gasteiger partial charge in [0.05, 0.1) is 21.7 Å². The SMILES string of the molecule is CC1CCN(S(=O)(=O)c2ccc(C(=O)N(Cc3ccccc3)c3nc4ccccc4s3)cc2)CC1. The monoisotopic (exact) mass is 505 g/mol. The second kappa shape index (κ2) is 9.89. The van der Waals surface area contributed by atoms with E-state index in [4.69, 9.17) is 4.98 Å². The van der Waals surface area contributed by atoms with Gasteiger partial charge in [-0.2, -0.15) is 4.31 Å². The Morgan fingerprint density at radius 3 is 2.31 bits per heavy atom. The first-order valence-electron chi connectivity index (χ1n) is 11.7. The number of carbonyl (C=O) groups excluding carboxylic acids is 1. The number of benzene rings is 3. The molecule has 8 heteroatoms. The van der Waals surface area contributed by atoms with Crippen LogP contribution in [0.15, 0.2) is 83.8 Å². The zero-order chi connectivity index (χ0) is 24.4. The number of rotatable bonds is 6. The van der Waals surface area contributed by atoms with E-state index in [9.17, 15) is 13.2 Å². The lowest BCUT2D eigenvalue weighted by atomic mass is 10.0. The van der Waals surface area contributed by atoms with E-state index in [-0.39, 0.29) is 10.8 Å². The maximum absolute atomic E-state index is 13.7. The van der Waals surface area contributed by atoms with Crippen molar-refractivity contribution in [2.75, 3.05) is 18.0 Å². The molecule has 6 nitrogen and oxygen atoms in total. The minimum Gasteiger partial charge on any atom is -0.279 e. The van der Waals surface area contributed by atoms with Crippen LogP contribution in [-0.4, -0.2) is 36.7 Å². The van der Waals surface area contributed by atoms with Crippen LogP contribution >= 0.6 is 11.3 Å². The third-order valence-corrected chi connectivity index (χ3v) is 9.40. The van der Waals surface area contributed by atoms with Crippen LogP contribution in [-0.2, 0) is 16.6 Å². The number of thiazole rings is 1. The molecule has 1 aromatic heterocycles. The van der Waals surface area contributed by atoms with Gasteiger partial charge in [0.15, 0.2) is 5.13 Å². The fraction of sp³-hybridized carbons (Fsp3) is 0.259. The predicted octanol–water partition coefficient (Wildman–Crippen LogP) is 5.56. The highest BCUT2D eigenvalue weighted by Gasteiger charge is 2.29. The molecule has 5 rings (SSSR count). The van der Waals surface area contributed by atoms with Crippen LogP contribution in [0.4, 0.5) is 5.13 Å². The number of para-hydroxylation sites is 1. The Bertz CT molecular complexity index is 1390. The molecule has 0 saturated carbocycles. The van der Waals surface area contributed by atoms with Crippen molar-refractivity contribution in [2.45, 2.75) is 31.2 Å². The number of piperidine rings is 1. The van der Waals surface area contributed by atoms with E-state index in [1.807, 2.05) is 54.6 Å². The van der Waals surface area contributed by atoms with E-state index < -0.39 is 10.0 Å². The fourth-order valence-corrected chi connectivity index (χ4v) is 6.70. The van der Waals surface area contributed by atoms with Gasteiger partial charge in [-0.05, 0) is 60.7 Å². The van der Waals surface area contributed by atoms with Gasteiger partial charge in [-0.25, -0.2) is 13.4 Å². The molecule has 0 N–H and O–H groups in total. The first-order chi connectivity index (χ1) is 16.9. The molecule has 0 atom stereocenters. The molecular weight excluding hydrogens is 478 g/mol. The van der Waals surface area contributed by atoms with Gasteiger partial charge >= 0.3 is 0 Å². The number of amides is 1. The van der Waals surface area contributed by atoms with Crippen molar-refractivity contribution >= 4 is 42.6 Å². The van der Waals surface area contributed by atoms with Gasteiger partial charge in [-0.3, -0.25) is 9.69 Å². The zero-order valence-electron chi connectivity index (χ0n) is 19.5. The maximum Gasteiger partial charge on any atom is 0.260 e. The summed E-state index contributed by atoms with van der Waals surface area (Å²) in [5, 5.41) is 0.610. The largest absolute Gasteiger partial charge is 0.279 e. The molecule has 35 heavy (non-hydrogen) atoms. The number of carbonyl (C=O) groups is 1. The number of sulfonamides is 1. The summed E-state index contributed by atoms with van der Waals surface area (Å²) in [7, 11) is -3.57. The van der Waals surface area contributed by atoms with E-state index in [2.05, 4.69) is 6.92 Å². The van der Waals surface area contributed by atoms with Crippen LogP contribution in [0, 0.1) is 5.92 Å². The Hall–Kier alpha value is -3.07. The van der Waals surface area contributed by atoms with Gasteiger partial charge in [0.25, 0.3) is 5.91 Å². The van der Waals surface area contributed by atoms with Crippen molar-refractivity contribution in [3.63, 3.8) is 0 Å². The summed E-state index contributed by atoms with van der Waals surface area (Å²) in [6.45, 7) is 3.59. The van der Waals surface area contributed by atoms with Gasteiger partial charge in [-0.1, -0.05) is 60.7 Å². The Labute approximate surface area is 209 Å². The second-order valence-electron chi connectivity index (χ2n) is 8.95. The first kappa shape index (κ1) is 23.7. The lowest BCUT2D eigenvalue weighted by Crippen LogP contribution is -2.37. The molecule has 1 amide bonds. The summed E-state index contributed by atoms with van der Waals surface area (Å²) in [5.41, 5.74) is 2.25. The highest BCUT2D eigenvalue weighted by Crippen LogP contribution is 2.31. The number of anilines is 1. The molecule has 3 aromatic carbocycles. The Morgan fingerprint density at radius 1 is 0.971 bits per heavy atom. The molecule has 0 radical (unpaired) electrons. The van der Waals surface area contributed by atoms with Gasteiger partial charge < -0.3 is 0 Å². The molecule has 1 fully saturated rings. The molecule has 0 unspecified atom stereocenters. The van der Waals surface area contributed by atoms with Crippen molar-refractivity contribution in [2.24, 2.45) is 5.92 Å². The molecule has 0 bridgehead atoms. The normalized spacial score (nSPS) is 15.3. The standard InChI is InChI=1S/C27H27N3O3S2/c1-20-15-17-29(18-16-20)35(32,33)23-13-11-22(12-14-23)26(31)30(19-21-7-3-2-4-8-21)27-28-24-9-5-6-10-25(24)34-27/h2-14,20H,15-19H2,1H3. The van der Waals surface area contributed by atoms with Crippen LogP contribution in [0.25, 0.3) is 10.2 Å². The average Bonchev–Trinajstić information content (AvgIpc) is 3.32. The van der Waals surface area contributed by atoms with Crippen molar-refractivity contribution < 1.29 is 13.2 Å². The van der Waals surface area contributed by atoms with Crippen molar-refractivity contribution in [3.05, 3.63) is 90.0 Å². The summed E-state index contributed by atoms with van der Waals surface area (Å²) in [4.78, 5) is 20.2. The lowest BCUT2D eigenvalue weighted by Gasteiger charge is -2.29. The van der Waals surface area contributed by atoms with Gasteiger partial charge in [-0.15, -0.1) is 0 Å². The van der Waals surface area contributed by atoms with Crippen LogP contribution < -0.4 is 4.90 Å². The first-order valence-corrected chi connectivity index (χ1v) is 14.0. The molecular formula is C27H27N3O3S2. The van der Waals surface area contributed by atoms with Gasteiger partial charge in [0, 0.05) is 18.7 Å². The van der Waals surface area contributed by atoms with E-state index in [1.54, 1.807) is 33.5 Å². The Balaban J connectivity index is 1.44. The smallest absolute Gasteiger partial charge is 0.260 e. The lowest BCUT2D eigenvalue weighted by molar-refractivity contribution is 0.0985. The van der Waals surface area contributed by atoms with Gasteiger partial charge in [0.1, 0.15) is 0 Å². The number of hydrogen-bond acceptors (Lipinski definition) is 5. The Morgan fingerprint density at radius 2 is 1.63 bits per heavy atom.